The number of para-hydroxylation sites is 2. The maximum Gasteiger partial charge on any atom is 0.262 e. The van der Waals surface area contributed by atoms with E-state index in [1.165, 1.54) is 4.57 Å². The quantitative estimate of drug-likeness (QED) is 0.627. The second kappa shape index (κ2) is 4.67. The third-order valence-corrected chi connectivity index (χ3v) is 6.62. The zero-order chi connectivity index (χ0) is 19.3. The molecule has 0 radical (unpaired) electrons. The van der Waals surface area contributed by atoms with E-state index in [0.29, 0.717) is 16.7 Å². The molecule has 1 spiro atoms. The number of amides is 2. The molecule has 3 aromatic rings. The van der Waals surface area contributed by atoms with Crippen LogP contribution in [0.4, 0.5) is 5.69 Å². The fraction of sp³-hybridized carbons (Fsp3) is 0.238. The van der Waals surface area contributed by atoms with E-state index in [0.717, 1.165) is 11.3 Å². The molecular weight excluding hydrogens is 356 g/mol. The second-order valence-corrected chi connectivity index (χ2v) is 7.87. The predicted molar refractivity (Wildman–Crippen MR) is 102 cm³/mol. The predicted octanol–water partition coefficient (Wildman–Crippen LogP) is 1.58. The van der Waals surface area contributed by atoms with Crippen LogP contribution in [-0.2, 0) is 20.5 Å². The summed E-state index contributed by atoms with van der Waals surface area (Å²) in [6.07, 6.45) is 0.227. The minimum Gasteiger partial charge on any atom is -0.340 e. The Hall–Kier alpha value is -3.48. The Morgan fingerprint density at radius 2 is 1.82 bits per heavy atom. The summed E-state index contributed by atoms with van der Waals surface area (Å²) >= 11 is 0. The van der Waals surface area contributed by atoms with Crippen molar-refractivity contribution in [3.8, 4) is 0 Å². The molecule has 1 fully saturated rings. The van der Waals surface area contributed by atoms with Gasteiger partial charge in [-0.15, -0.1) is 0 Å². The highest BCUT2D eigenvalue weighted by molar-refractivity contribution is 6.09. The van der Waals surface area contributed by atoms with Gasteiger partial charge in [0, 0.05) is 5.69 Å². The topological polar surface area (TPSA) is 93.1 Å². The van der Waals surface area contributed by atoms with Gasteiger partial charge in [0.1, 0.15) is 22.8 Å². The number of nitrogens with zero attached hydrogens (tertiary/aromatic N) is 2. The minimum absolute atomic E-state index is 0.171. The van der Waals surface area contributed by atoms with Crippen LogP contribution in [0.25, 0.3) is 10.9 Å². The van der Waals surface area contributed by atoms with Gasteiger partial charge in [0.2, 0.25) is 11.8 Å². The zero-order valence-corrected chi connectivity index (χ0v) is 15.0. The van der Waals surface area contributed by atoms with E-state index in [9.17, 15) is 14.4 Å². The highest BCUT2D eigenvalue weighted by atomic mass is 16.2. The molecule has 4 aliphatic heterocycles. The lowest BCUT2D eigenvalue weighted by atomic mass is 9.58. The number of piperidine rings is 1. The molecule has 2 N–H and O–H groups in total. The first-order valence-electron chi connectivity index (χ1n) is 9.22. The average molecular weight is 372 g/mol. The molecule has 2 amide bonds. The minimum atomic E-state index is -1.14. The van der Waals surface area contributed by atoms with Crippen molar-refractivity contribution in [3.63, 3.8) is 0 Å². The number of carbonyl (C=O) groups is 2. The van der Waals surface area contributed by atoms with Crippen LogP contribution in [0, 0.1) is 0 Å². The summed E-state index contributed by atoms with van der Waals surface area (Å²) in [7, 11) is 0. The van der Waals surface area contributed by atoms with Crippen molar-refractivity contribution < 1.29 is 9.59 Å². The Morgan fingerprint density at radius 3 is 2.68 bits per heavy atom. The van der Waals surface area contributed by atoms with Crippen LogP contribution in [0.2, 0.25) is 0 Å². The molecule has 1 unspecified atom stereocenters. The van der Waals surface area contributed by atoms with Crippen molar-refractivity contribution in [2.75, 3.05) is 5.32 Å². The van der Waals surface area contributed by atoms with Crippen molar-refractivity contribution in [1.82, 2.24) is 14.9 Å². The molecule has 2 aromatic carbocycles. The molecule has 1 saturated heterocycles. The number of hydrogen-bond donors (Lipinski definition) is 2. The van der Waals surface area contributed by atoms with Crippen molar-refractivity contribution in [2.45, 2.75) is 30.3 Å². The summed E-state index contributed by atoms with van der Waals surface area (Å²) in [6, 6.07) is 13.8. The SMILES string of the molecule is C[C@]12NC(=O)[C@H](CC13C(=O)Nc1ccccc13)n1c2nc2ccccc2c1=O. The van der Waals surface area contributed by atoms with Crippen LogP contribution in [0.1, 0.15) is 30.8 Å². The molecule has 7 rings (SSSR count). The van der Waals surface area contributed by atoms with Crippen LogP contribution >= 0.6 is 0 Å². The van der Waals surface area contributed by atoms with Crippen LogP contribution in [0.3, 0.4) is 0 Å². The molecule has 0 aliphatic carbocycles. The first-order valence-corrected chi connectivity index (χ1v) is 9.22. The average Bonchev–Trinajstić information content (AvgIpc) is 2.97. The summed E-state index contributed by atoms with van der Waals surface area (Å²) in [5.41, 5.74) is -0.258. The van der Waals surface area contributed by atoms with E-state index in [1.54, 1.807) is 25.1 Å². The van der Waals surface area contributed by atoms with Crippen LogP contribution in [0.15, 0.2) is 53.3 Å². The van der Waals surface area contributed by atoms with Gasteiger partial charge in [-0.2, -0.15) is 0 Å². The van der Waals surface area contributed by atoms with E-state index in [2.05, 4.69) is 10.6 Å². The number of fused-ring (bicyclic) bond motifs is 3. The first kappa shape index (κ1) is 15.6. The molecule has 138 valence electrons. The zero-order valence-electron chi connectivity index (χ0n) is 15.0. The van der Waals surface area contributed by atoms with Crippen LogP contribution < -0.4 is 16.2 Å². The fourth-order valence-electron chi connectivity index (χ4n) is 5.28. The van der Waals surface area contributed by atoms with Gasteiger partial charge in [-0.1, -0.05) is 30.3 Å². The molecule has 2 bridgehead atoms. The maximum absolute atomic E-state index is 13.3. The number of anilines is 1. The van der Waals surface area contributed by atoms with Gasteiger partial charge in [-0.25, -0.2) is 4.98 Å². The number of aromatic nitrogens is 2. The lowest BCUT2D eigenvalue weighted by Crippen LogP contribution is -2.72. The summed E-state index contributed by atoms with van der Waals surface area (Å²) in [4.78, 5) is 44.1. The summed E-state index contributed by atoms with van der Waals surface area (Å²) in [5.74, 6) is 0.00532. The van der Waals surface area contributed by atoms with Gasteiger partial charge in [0.25, 0.3) is 5.56 Å². The molecule has 1 aromatic heterocycles. The van der Waals surface area contributed by atoms with Crippen LogP contribution in [0.5, 0.6) is 0 Å². The Bertz CT molecular complexity index is 1300. The van der Waals surface area contributed by atoms with Gasteiger partial charge in [-0.3, -0.25) is 19.0 Å². The smallest absolute Gasteiger partial charge is 0.262 e. The molecule has 0 saturated carbocycles. The van der Waals surface area contributed by atoms with Gasteiger partial charge < -0.3 is 10.6 Å². The van der Waals surface area contributed by atoms with E-state index >= 15 is 0 Å². The van der Waals surface area contributed by atoms with Crippen molar-refractivity contribution in [3.05, 3.63) is 70.3 Å². The number of hydrogen-bond acceptors (Lipinski definition) is 4. The summed E-state index contributed by atoms with van der Waals surface area (Å²) < 4.78 is 1.49. The van der Waals surface area contributed by atoms with E-state index in [-0.39, 0.29) is 23.8 Å². The highest BCUT2D eigenvalue weighted by Gasteiger charge is 2.69. The van der Waals surface area contributed by atoms with Gasteiger partial charge in [0.15, 0.2) is 0 Å². The van der Waals surface area contributed by atoms with E-state index in [1.807, 2.05) is 30.3 Å². The number of nitrogens with one attached hydrogen (secondary N) is 2. The molecule has 28 heavy (non-hydrogen) atoms. The Kier molecular flexibility index (Phi) is 2.60. The molecular formula is C21H16N4O3. The molecule has 7 nitrogen and oxygen atoms in total. The molecule has 7 heteroatoms. The van der Waals surface area contributed by atoms with Gasteiger partial charge >= 0.3 is 0 Å². The summed E-state index contributed by atoms with van der Waals surface area (Å²) in [6.45, 7) is 1.80. The summed E-state index contributed by atoms with van der Waals surface area (Å²) in [5, 5.41) is 6.46. The number of benzene rings is 2. The largest absolute Gasteiger partial charge is 0.340 e. The third kappa shape index (κ3) is 1.50. The van der Waals surface area contributed by atoms with E-state index in [4.69, 9.17) is 4.98 Å². The third-order valence-electron chi connectivity index (χ3n) is 6.62. The second-order valence-electron chi connectivity index (χ2n) is 7.87. The van der Waals surface area contributed by atoms with E-state index < -0.39 is 17.0 Å². The molecule has 3 atom stereocenters. The number of rotatable bonds is 0. The monoisotopic (exact) mass is 372 g/mol. The maximum atomic E-state index is 13.3. The molecule has 5 heterocycles. The van der Waals surface area contributed by atoms with Gasteiger partial charge in [0.05, 0.1) is 10.9 Å². The number of carbonyl (C=O) groups excluding carboxylic acids is 2. The Labute approximate surface area is 159 Å². The lowest BCUT2D eigenvalue weighted by Gasteiger charge is -2.55. The molecule has 4 aliphatic rings. The van der Waals surface area contributed by atoms with Gasteiger partial charge in [-0.05, 0) is 37.1 Å². The Balaban J connectivity index is 1.75. The standard InChI is InChI=1S/C21H16N4O3/c1-20-18-22-13-8-4-2-6-11(13)17(27)25(18)15(16(26)24-20)10-21(20)12-7-3-5-9-14(12)23-19(21)28/h2-9,15H,10H2,1H3,(H,23,28)(H,24,26)/t15-,20+,21?/m0/s1. The Morgan fingerprint density at radius 1 is 1.07 bits per heavy atom. The van der Waals surface area contributed by atoms with Crippen LogP contribution in [-0.4, -0.2) is 21.4 Å². The fourth-order valence-corrected chi connectivity index (χ4v) is 5.28. The van der Waals surface area contributed by atoms with Crippen molar-refractivity contribution in [2.24, 2.45) is 0 Å². The lowest BCUT2D eigenvalue weighted by molar-refractivity contribution is -0.142. The first-order chi connectivity index (χ1) is 13.5. The van der Waals surface area contributed by atoms with Crippen molar-refractivity contribution in [1.29, 1.82) is 0 Å². The normalized spacial score (nSPS) is 29.5. The van der Waals surface area contributed by atoms with Crippen molar-refractivity contribution >= 4 is 28.4 Å². The highest BCUT2D eigenvalue weighted by Crippen LogP contribution is 2.58.